The summed E-state index contributed by atoms with van der Waals surface area (Å²) < 4.78 is 24.9. The van der Waals surface area contributed by atoms with Crippen LogP contribution in [0.1, 0.15) is 22.7 Å². The SMILES string of the molecule is CN(CC(=O)N(Cc1ccccc1)[C@@H](C(=O)NCc1ccc(Cl)cc1Cl)c1ccccc1)S(C)(=O)=O. The van der Waals surface area contributed by atoms with Gasteiger partial charge in [0.15, 0.2) is 0 Å². The summed E-state index contributed by atoms with van der Waals surface area (Å²) in [6, 6.07) is 22.0. The van der Waals surface area contributed by atoms with Crippen molar-refractivity contribution in [3.05, 3.63) is 106 Å². The third-order valence-electron chi connectivity index (χ3n) is 5.58. The number of benzene rings is 3. The zero-order chi connectivity index (χ0) is 26.3. The van der Waals surface area contributed by atoms with Crippen molar-refractivity contribution in [2.24, 2.45) is 0 Å². The second-order valence-corrected chi connectivity index (χ2v) is 11.2. The molecule has 190 valence electrons. The molecule has 7 nitrogen and oxygen atoms in total. The van der Waals surface area contributed by atoms with E-state index in [0.717, 1.165) is 16.1 Å². The summed E-state index contributed by atoms with van der Waals surface area (Å²) in [6.45, 7) is -0.188. The van der Waals surface area contributed by atoms with E-state index in [0.29, 0.717) is 21.2 Å². The highest BCUT2D eigenvalue weighted by Gasteiger charge is 2.32. The van der Waals surface area contributed by atoms with E-state index < -0.39 is 34.4 Å². The van der Waals surface area contributed by atoms with Gasteiger partial charge in [0, 0.05) is 30.2 Å². The first-order chi connectivity index (χ1) is 17.1. The smallest absolute Gasteiger partial charge is 0.247 e. The Kier molecular flexibility index (Phi) is 9.50. The highest BCUT2D eigenvalue weighted by Crippen LogP contribution is 2.25. The molecule has 3 rings (SSSR count). The molecular formula is C26H27Cl2N3O4S. The average Bonchev–Trinajstić information content (AvgIpc) is 2.83. The van der Waals surface area contributed by atoms with E-state index in [1.807, 2.05) is 36.4 Å². The number of hydrogen-bond donors (Lipinski definition) is 1. The van der Waals surface area contributed by atoms with Crippen LogP contribution in [0.15, 0.2) is 78.9 Å². The maximum Gasteiger partial charge on any atom is 0.247 e. The van der Waals surface area contributed by atoms with E-state index in [9.17, 15) is 18.0 Å². The van der Waals surface area contributed by atoms with Gasteiger partial charge in [0.2, 0.25) is 21.8 Å². The Hall–Kier alpha value is -2.91. The molecule has 0 spiro atoms. The Morgan fingerprint density at radius 2 is 1.56 bits per heavy atom. The zero-order valence-electron chi connectivity index (χ0n) is 19.9. The molecule has 0 fully saturated rings. The van der Waals surface area contributed by atoms with Gasteiger partial charge in [0.05, 0.1) is 12.8 Å². The highest BCUT2D eigenvalue weighted by molar-refractivity contribution is 7.88. The van der Waals surface area contributed by atoms with Gasteiger partial charge in [-0.05, 0) is 28.8 Å². The minimum Gasteiger partial charge on any atom is -0.350 e. The standard InChI is InChI=1S/C26H27Cl2N3O4S/c1-30(36(2,34)35)18-24(32)31(17-19-9-5-3-6-10-19)25(20-11-7-4-8-12-20)26(33)29-16-21-13-14-22(27)15-23(21)28/h3-15,25H,16-18H2,1-2H3,(H,29,33)/t25-/m1/s1. The van der Waals surface area contributed by atoms with Crippen LogP contribution < -0.4 is 5.32 Å². The van der Waals surface area contributed by atoms with E-state index in [1.165, 1.54) is 11.9 Å². The van der Waals surface area contributed by atoms with E-state index >= 15 is 0 Å². The number of nitrogens with one attached hydrogen (secondary N) is 1. The second-order valence-electron chi connectivity index (χ2n) is 8.29. The summed E-state index contributed by atoms with van der Waals surface area (Å²) in [4.78, 5) is 28.5. The lowest BCUT2D eigenvalue weighted by atomic mass is 10.0. The molecule has 1 atom stereocenters. The molecule has 0 radical (unpaired) electrons. The lowest BCUT2D eigenvalue weighted by Crippen LogP contribution is -2.47. The minimum atomic E-state index is -3.61. The average molecular weight is 548 g/mol. The summed E-state index contributed by atoms with van der Waals surface area (Å²) in [5, 5.41) is 3.76. The number of carbonyl (C=O) groups is 2. The van der Waals surface area contributed by atoms with Crippen molar-refractivity contribution in [3.63, 3.8) is 0 Å². The van der Waals surface area contributed by atoms with Crippen LogP contribution in [0, 0.1) is 0 Å². The zero-order valence-corrected chi connectivity index (χ0v) is 22.2. The monoisotopic (exact) mass is 547 g/mol. The lowest BCUT2D eigenvalue weighted by Gasteiger charge is -2.32. The summed E-state index contributed by atoms with van der Waals surface area (Å²) in [6.07, 6.45) is 1.03. The van der Waals surface area contributed by atoms with Gasteiger partial charge < -0.3 is 10.2 Å². The fourth-order valence-corrected chi connectivity index (χ4v) is 4.37. The summed E-state index contributed by atoms with van der Waals surface area (Å²) >= 11 is 12.2. The van der Waals surface area contributed by atoms with Gasteiger partial charge >= 0.3 is 0 Å². The van der Waals surface area contributed by atoms with Gasteiger partial charge in [-0.1, -0.05) is 89.9 Å². The molecule has 0 unspecified atom stereocenters. The van der Waals surface area contributed by atoms with E-state index in [2.05, 4.69) is 5.32 Å². The molecule has 0 saturated carbocycles. The van der Waals surface area contributed by atoms with Crippen molar-refractivity contribution in [2.45, 2.75) is 19.1 Å². The van der Waals surface area contributed by atoms with Crippen molar-refractivity contribution < 1.29 is 18.0 Å². The number of amides is 2. The van der Waals surface area contributed by atoms with Crippen molar-refractivity contribution in [1.29, 1.82) is 0 Å². The van der Waals surface area contributed by atoms with E-state index in [-0.39, 0.29) is 13.1 Å². The predicted octanol–water partition coefficient (Wildman–Crippen LogP) is 4.27. The highest BCUT2D eigenvalue weighted by atomic mass is 35.5. The number of likely N-dealkylation sites (N-methyl/N-ethyl adjacent to an activating group) is 1. The third-order valence-corrected chi connectivity index (χ3v) is 7.43. The molecule has 0 bridgehead atoms. The van der Waals surface area contributed by atoms with Crippen LogP contribution in [0.4, 0.5) is 0 Å². The number of rotatable bonds is 10. The van der Waals surface area contributed by atoms with Gasteiger partial charge in [-0.2, -0.15) is 4.31 Å². The van der Waals surface area contributed by atoms with Gasteiger partial charge in [0.25, 0.3) is 0 Å². The molecule has 0 saturated heterocycles. The van der Waals surface area contributed by atoms with Crippen LogP contribution in [0.5, 0.6) is 0 Å². The fourth-order valence-electron chi connectivity index (χ4n) is 3.55. The van der Waals surface area contributed by atoms with Gasteiger partial charge in [-0.15, -0.1) is 0 Å². The first-order valence-corrected chi connectivity index (χ1v) is 13.7. The van der Waals surface area contributed by atoms with Gasteiger partial charge in [-0.25, -0.2) is 8.42 Å². The quantitative estimate of drug-likeness (QED) is 0.410. The summed E-state index contributed by atoms with van der Waals surface area (Å²) in [7, 11) is -2.28. The van der Waals surface area contributed by atoms with Crippen molar-refractivity contribution >= 4 is 45.0 Å². The van der Waals surface area contributed by atoms with Crippen LogP contribution in [0.3, 0.4) is 0 Å². The first kappa shape index (κ1) is 27.7. The number of halogens is 2. The first-order valence-electron chi connectivity index (χ1n) is 11.1. The normalized spacial score (nSPS) is 12.2. The Bertz CT molecular complexity index is 1310. The number of hydrogen-bond acceptors (Lipinski definition) is 4. The van der Waals surface area contributed by atoms with Crippen molar-refractivity contribution in [2.75, 3.05) is 19.8 Å². The molecule has 36 heavy (non-hydrogen) atoms. The van der Waals surface area contributed by atoms with Crippen LogP contribution in [0.2, 0.25) is 10.0 Å². The molecule has 1 N–H and O–H groups in total. The van der Waals surface area contributed by atoms with Crippen LogP contribution in [-0.4, -0.2) is 49.3 Å². The predicted molar refractivity (Wildman–Crippen MR) is 142 cm³/mol. The van der Waals surface area contributed by atoms with Gasteiger partial charge in [0.1, 0.15) is 6.04 Å². The number of sulfonamides is 1. The summed E-state index contributed by atoms with van der Waals surface area (Å²) in [5.41, 5.74) is 2.05. The molecule has 0 aliphatic heterocycles. The van der Waals surface area contributed by atoms with Crippen LogP contribution in [0.25, 0.3) is 0 Å². The Morgan fingerprint density at radius 1 is 0.944 bits per heavy atom. The molecule has 0 aromatic heterocycles. The largest absolute Gasteiger partial charge is 0.350 e. The second kappa shape index (κ2) is 12.4. The molecule has 0 heterocycles. The molecule has 3 aromatic rings. The maximum absolute atomic E-state index is 13.6. The van der Waals surface area contributed by atoms with E-state index in [1.54, 1.807) is 42.5 Å². The Morgan fingerprint density at radius 3 is 2.14 bits per heavy atom. The lowest BCUT2D eigenvalue weighted by molar-refractivity contribution is -0.141. The van der Waals surface area contributed by atoms with E-state index in [4.69, 9.17) is 23.2 Å². The maximum atomic E-state index is 13.6. The van der Waals surface area contributed by atoms with Crippen molar-refractivity contribution in [3.8, 4) is 0 Å². The number of nitrogens with zero attached hydrogens (tertiary/aromatic N) is 2. The number of carbonyl (C=O) groups excluding carboxylic acids is 2. The molecular weight excluding hydrogens is 521 g/mol. The van der Waals surface area contributed by atoms with Crippen molar-refractivity contribution in [1.82, 2.24) is 14.5 Å². The van der Waals surface area contributed by atoms with Crippen LogP contribution in [-0.2, 0) is 32.7 Å². The topological polar surface area (TPSA) is 86.8 Å². The molecule has 0 aliphatic rings. The van der Waals surface area contributed by atoms with Crippen LogP contribution >= 0.6 is 23.2 Å². The third kappa shape index (κ3) is 7.54. The fraction of sp³-hybridized carbons (Fsp3) is 0.231. The molecule has 0 aliphatic carbocycles. The molecule has 10 heteroatoms. The Labute approximate surface area is 221 Å². The Balaban J connectivity index is 1.97. The minimum absolute atomic E-state index is 0.103. The van der Waals surface area contributed by atoms with Gasteiger partial charge in [-0.3, -0.25) is 9.59 Å². The molecule has 3 aromatic carbocycles. The summed E-state index contributed by atoms with van der Waals surface area (Å²) in [5.74, 6) is -0.946. The molecule has 2 amide bonds.